The third-order valence-electron chi connectivity index (χ3n) is 6.65. The van der Waals surface area contributed by atoms with Crippen LogP contribution < -0.4 is 5.32 Å². The van der Waals surface area contributed by atoms with Crippen molar-refractivity contribution in [3.8, 4) is 22.7 Å². The quantitative estimate of drug-likeness (QED) is 0.416. The van der Waals surface area contributed by atoms with E-state index in [1.165, 1.54) is 4.90 Å². The molecule has 3 aromatic heterocycles. The van der Waals surface area contributed by atoms with Crippen LogP contribution in [0.15, 0.2) is 53.6 Å². The van der Waals surface area contributed by atoms with E-state index in [4.69, 9.17) is 9.51 Å². The molecule has 10 nitrogen and oxygen atoms in total. The fraction of sp³-hybridized carbons (Fsp3) is 0.360. The van der Waals surface area contributed by atoms with Crippen molar-refractivity contribution in [2.24, 2.45) is 5.92 Å². The molecule has 0 aliphatic heterocycles. The fourth-order valence-electron chi connectivity index (χ4n) is 4.19. The van der Waals surface area contributed by atoms with Gasteiger partial charge in [0.15, 0.2) is 5.82 Å². The van der Waals surface area contributed by atoms with Gasteiger partial charge in [-0.2, -0.15) is 10.1 Å². The summed E-state index contributed by atoms with van der Waals surface area (Å²) >= 11 is 0. The zero-order valence-electron chi connectivity index (χ0n) is 20.3. The number of anilines is 1. The molecule has 1 saturated carbocycles. The summed E-state index contributed by atoms with van der Waals surface area (Å²) in [5.74, 6) is 2.17. The number of amides is 1. The summed E-state index contributed by atoms with van der Waals surface area (Å²) in [5, 5.41) is 11.6. The van der Waals surface area contributed by atoms with Crippen LogP contribution in [0.5, 0.6) is 0 Å². The minimum absolute atomic E-state index is 0.0421. The Morgan fingerprint density at radius 2 is 1.91 bits per heavy atom. The van der Waals surface area contributed by atoms with Crippen molar-refractivity contribution in [2.45, 2.75) is 31.7 Å². The van der Waals surface area contributed by atoms with Crippen molar-refractivity contribution in [1.29, 1.82) is 0 Å². The van der Waals surface area contributed by atoms with Gasteiger partial charge in [-0.1, -0.05) is 29.4 Å². The van der Waals surface area contributed by atoms with Crippen molar-refractivity contribution < 1.29 is 9.32 Å². The van der Waals surface area contributed by atoms with Gasteiger partial charge in [0.1, 0.15) is 12.4 Å². The van der Waals surface area contributed by atoms with Crippen LogP contribution in [0.1, 0.15) is 31.2 Å². The molecule has 1 N–H and O–H groups in total. The molecule has 0 bridgehead atoms. The highest BCUT2D eigenvalue weighted by Crippen LogP contribution is 2.50. The maximum absolute atomic E-state index is 12.0. The topological polar surface area (TPSA) is 115 Å². The smallest absolute Gasteiger partial charge is 0.261 e. The molecular formula is C25H28N8O2. The van der Waals surface area contributed by atoms with Crippen molar-refractivity contribution in [3.63, 3.8) is 0 Å². The molecule has 180 valence electrons. The standard InChI is InChI=1S/C25H28N8O2/c1-25(19-9-10-19,18-7-5-16(6-8-18)20-12-28-21(26-2)13-27-20)24-30-23(35-31-24)17-11-29-33(14-17)15-22(34)32(3)4/h5-8,11-14,19H,9-10,15H2,1-4H3,(H,26,28). The second kappa shape index (κ2) is 8.94. The molecule has 1 aromatic carbocycles. The first-order valence-electron chi connectivity index (χ1n) is 11.6. The Labute approximate surface area is 203 Å². The molecule has 0 radical (unpaired) electrons. The maximum Gasteiger partial charge on any atom is 0.261 e. The average Bonchev–Trinajstić information content (AvgIpc) is 3.44. The summed E-state index contributed by atoms with van der Waals surface area (Å²) in [6.07, 6.45) is 9.11. The van der Waals surface area contributed by atoms with Gasteiger partial charge in [0, 0.05) is 32.9 Å². The Balaban J connectivity index is 1.40. The number of benzene rings is 1. The summed E-state index contributed by atoms with van der Waals surface area (Å²) in [6, 6.07) is 8.35. The van der Waals surface area contributed by atoms with Crippen LogP contribution in [0.4, 0.5) is 5.82 Å². The highest BCUT2D eigenvalue weighted by atomic mass is 16.5. The zero-order chi connectivity index (χ0) is 24.6. The van der Waals surface area contributed by atoms with E-state index in [9.17, 15) is 4.79 Å². The van der Waals surface area contributed by atoms with Gasteiger partial charge in [0.05, 0.1) is 35.3 Å². The summed E-state index contributed by atoms with van der Waals surface area (Å²) in [5.41, 5.74) is 3.25. The van der Waals surface area contributed by atoms with Gasteiger partial charge in [-0.25, -0.2) is 4.98 Å². The van der Waals surface area contributed by atoms with Crippen molar-refractivity contribution in [1.82, 2.24) is 34.8 Å². The summed E-state index contributed by atoms with van der Waals surface area (Å²) in [4.78, 5) is 27.1. The third-order valence-corrected chi connectivity index (χ3v) is 6.65. The first-order chi connectivity index (χ1) is 16.9. The van der Waals surface area contributed by atoms with E-state index in [0.29, 0.717) is 23.2 Å². The fourth-order valence-corrected chi connectivity index (χ4v) is 4.19. The van der Waals surface area contributed by atoms with E-state index < -0.39 is 0 Å². The van der Waals surface area contributed by atoms with E-state index >= 15 is 0 Å². The number of aromatic nitrogens is 6. The molecule has 1 fully saturated rings. The van der Waals surface area contributed by atoms with Crippen molar-refractivity contribution in [2.75, 3.05) is 26.5 Å². The van der Waals surface area contributed by atoms with Crippen molar-refractivity contribution >= 4 is 11.7 Å². The Bertz CT molecular complexity index is 1320. The first kappa shape index (κ1) is 22.7. The number of nitrogens with one attached hydrogen (secondary N) is 1. The van der Waals surface area contributed by atoms with Gasteiger partial charge in [-0.3, -0.25) is 14.5 Å². The van der Waals surface area contributed by atoms with Gasteiger partial charge in [-0.15, -0.1) is 0 Å². The monoisotopic (exact) mass is 472 g/mol. The number of carbonyl (C=O) groups excluding carboxylic acids is 1. The number of rotatable bonds is 8. The second-order valence-electron chi connectivity index (χ2n) is 9.23. The molecule has 4 aromatic rings. The average molecular weight is 473 g/mol. The van der Waals surface area contributed by atoms with E-state index in [0.717, 1.165) is 35.5 Å². The van der Waals surface area contributed by atoms with Gasteiger partial charge in [-0.05, 0) is 31.2 Å². The summed E-state index contributed by atoms with van der Waals surface area (Å²) in [7, 11) is 5.25. The molecule has 1 unspecified atom stereocenters. The molecule has 1 aliphatic carbocycles. The van der Waals surface area contributed by atoms with E-state index in [1.807, 2.05) is 7.05 Å². The van der Waals surface area contributed by atoms with Crippen LogP contribution in [0.25, 0.3) is 22.7 Å². The minimum Gasteiger partial charge on any atom is -0.372 e. The molecule has 3 heterocycles. The van der Waals surface area contributed by atoms with Gasteiger partial charge in [0.2, 0.25) is 5.91 Å². The normalized spacial score (nSPS) is 15.0. The van der Waals surface area contributed by atoms with E-state index in [2.05, 4.69) is 56.7 Å². The Morgan fingerprint density at radius 3 is 2.54 bits per heavy atom. The van der Waals surface area contributed by atoms with Gasteiger partial charge in [0.25, 0.3) is 5.89 Å². The largest absolute Gasteiger partial charge is 0.372 e. The first-order valence-corrected chi connectivity index (χ1v) is 11.6. The number of hydrogen-bond donors (Lipinski definition) is 1. The lowest BCUT2D eigenvalue weighted by Crippen LogP contribution is -2.28. The highest BCUT2D eigenvalue weighted by molar-refractivity contribution is 5.75. The predicted molar refractivity (Wildman–Crippen MR) is 130 cm³/mol. The zero-order valence-corrected chi connectivity index (χ0v) is 20.3. The van der Waals surface area contributed by atoms with E-state index in [-0.39, 0.29) is 17.9 Å². The number of nitrogens with zero attached hydrogens (tertiary/aromatic N) is 7. The number of hydrogen-bond acceptors (Lipinski definition) is 8. The highest BCUT2D eigenvalue weighted by Gasteiger charge is 2.47. The number of likely N-dealkylation sites (N-methyl/N-ethyl adjacent to an activating group) is 1. The molecule has 1 amide bonds. The van der Waals surface area contributed by atoms with Gasteiger partial charge >= 0.3 is 0 Å². The van der Waals surface area contributed by atoms with Crippen LogP contribution >= 0.6 is 0 Å². The summed E-state index contributed by atoms with van der Waals surface area (Å²) < 4.78 is 7.22. The summed E-state index contributed by atoms with van der Waals surface area (Å²) in [6.45, 7) is 2.33. The molecule has 0 saturated heterocycles. The van der Waals surface area contributed by atoms with Gasteiger partial charge < -0.3 is 14.7 Å². The van der Waals surface area contributed by atoms with Crippen LogP contribution in [0, 0.1) is 5.92 Å². The SMILES string of the molecule is CNc1cnc(-c2ccc(C(C)(c3noc(-c4cnn(CC(=O)N(C)C)c4)n3)C3CC3)cc2)cn1. The molecule has 1 atom stereocenters. The molecule has 0 spiro atoms. The van der Waals surface area contributed by atoms with Crippen molar-refractivity contribution in [3.05, 3.63) is 60.4 Å². The predicted octanol–water partition coefficient (Wildman–Crippen LogP) is 3.24. The van der Waals surface area contributed by atoms with Crippen LogP contribution in [-0.4, -0.2) is 61.8 Å². The Morgan fingerprint density at radius 1 is 1.14 bits per heavy atom. The third kappa shape index (κ3) is 4.39. The number of carbonyl (C=O) groups is 1. The molecular weight excluding hydrogens is 444 g/mol. The maximum atomic E-state index is 12.0. The lowest BCUT2D eigenvalue weighted by Gasteiger charge is -2.26. The molecule has 35 heavy (non-hydrogen) atoms. The molecule has 1 aliphatic rings. The lowest BCUT2D eigenvalue weighted by molar-refractivity contribution is -0.129. The van der Waals surface area contributed by atoms with Crippen LogP contribution in [0.3, 0.4) is 0 Å². The molecule has 5 rings (SSSR count). The van der Waals surface area contributed by atoms with Crippen LogP contribution in [-0.2, 0) is 16.8 Å². The molecule has 10 heteroatoms. The van der Waals surface area contributed by atoms with E-state index in [1.54, 1.807) is 43.6 Å². The Kier molecular flexibility index (Phi) is 5.80. The van der Waals surface area contributed by atoms with Crippen LogP contribution in [0.2, 0.25) is 0 Å². The minimum atomic E-state index is -0.376. The lowest BCUT2D eigenvalue weighted by atomic mass is 9.77. The second-order valence-corrected chi connectivity index (χ2v) is 9.23. The Hall–Kier alpha value is -4.08.